The van der Waals surface area contributed by atoms with Crippen LogP contribution in [0.3, 0.4) is 0 Å². The van der Waals surface area contributed by atoms with Crippen LogP contribution in [-0.2, 0) is 11.2 Å². The van der Waals surface area contributed by atoms with Crippen molar-refractivity contribution < 1.29 is 9.53 Å². The lowest BCUT2D eigenvalue weighted by molar-refractivity contribution is -0.129. The van der Waals surface area contributed by atoms with Gasteiger partial charge in [-0.3, -0.25) is 9.69 Å². The number of ether oxygens (including phenoxy) is 1. The van der Waals surface area contributed by atoms with Crippen LogP contribution < -0.4 is 10.1 Å². The Labute approximate surface area is 137 Å². The minimum absolute atomic E-state index is 0.0946. The average molecular weight is 310 g/mol. The number of nitrogens with one attached hydrogen (secondary N) is 1. The van der Waals surface area contributed by atoms with E-state index in [1.165, 1.54) is 5.56 Å². The Bertz CT molecular complexity index is 640. The molecule has 120 valence electrons. The van der Waals surface area contributed by atoms with Gasteiger partial charge in [0.2, 0.25) is 5.91 Å². The van der Waals surface area contributed by atoms with Crippen molar-refractivity contribution in [1.82, 2.24) is 10.2 Å². The van der Waals surface area contributed by atoms with Crippen LogP contribution in [0.4, 0.5) is 0 Å². The summed E-state index contributed by atoms with van der Waals surface area (Å²) in [5, 5.41) is 2.98. The second kappa shape index (κ2) is 7.29. The van der Waals surface area contributed by atoms with Gasteiger partial charge in [0.1, 0.15) is 11.8 Å². The highest BCUT2D eigenvalue weighted by Crippen LogP contribution is 2.23. The normalized spacial score (nSPS) is 18.5. The third kappa shape index (κ3) is 3.71. The first kappa shape index (κ1) is 15.6. The Morgan fingerprint density at radius 1 is 1.13 bits per heavy atom. The van der Waals surface area contributed by atoms with Crippen LogP contribution in [0.1, 0.15) is 17.2 Å². The van der Waals surface area contributed by atoms with Crippen molar-refractivity contribution in [2.45, 2.75) is 12.5 Å². The third-order valence-electron chi connectivity index (χ3n) is 4.27. The molecule has 0 radical (unpaired) electrons. The van der Waals surface area contributed by atoms with Crippen molar-refractivity contribution in [2.24, 2.45) is 0 Å². The molecule has 1 fully saturated rings. The number of hydrogen-bond acceptors (Lipinski definition) is 3. The van der Waals surface area contributed by atoms with Crippen LogP contribution in [0.25, 0.3) is 0 Å². The summed E-state index contributed by atoms with van der Waals surface area (Å²) >= 11 is 0. The molecule has 1 aliphatic rings. The molecule has 2 aromatic carbocycles. The lowest BCUT2D eigenvalue weighted by Gasteiger charge is -2.35. The summed E-state index contributed by atoms with van der Waals surface area (Å²) in [5.74, 6) is 0.963. The predicted molar refractivity (Wildman–Crippen MR) is 90.5 cm³/mol. The maximum absolute atomic E-state index is 12.3. The number of piperazine rings is 1. The maximum Gasteiger partial charge on any atom is 0.242 e. The molecule has 4 nitrogen and oxygen atoms in total. The highest BCUT2D eigenvalue weighted by Gasteiger charge is 2.30. The lowest BCUT2D eigenvalue weighted by Crippen LogP contribution is -2.50. The molecule has 1 unspecified atom stereocenters. The van der Waals surface area contributed by atoms with Gasteiger partial charge in [-0.15, -0.1) is 0 Å². The summed E-state index contributed by atoms with van der Waals surface area (Å²) in [6, 6.07) is 17.9. The molecule has 0 saturated carbocycles. The quantitative estimate of drug-likeness (QED) is 0.922. The number of benzene rings is 2. The standard InChI is InChI=1S/C19H22N2O2/c1-23-17-9-7-15(8-10-17)11-13-21-14-12-20-19(22)18(21)16-5-3-2-4-6-16/h2-10,18H,11-14H2,1H3,(H,20,22). The number of carbonyl (C=O) groups is 1. The van der Waals surface area contributed by atoms with Crippen molar-refractivity contribution in [3.8, 4) is 5.75 Å². The van der Waals surface area contributed by atoms with E-state index >= 15 is 0 Å². The molecule has 0 bridgehead atoms. The molecule has 1 N–H and O–H groups in total. The molecule has 3 rings (SSSR count). The first-order valence-electron chi connectivity index (χ1n) is 7.97. The molecule has 4 heteroatoms. The zero-order chi connectivity index (χ0) is 16.1. The van der Waals surface area contributed by atoms with E-state index in [9.17, 15) is 4.79 Å². The fourth-order valence-electron chi connectivity index (χ4n) is 3.02. The summed E-state index contributed by atoms with van der Waals surface area (Å²) < 4.78 is 5.19. The Kier molecular flexibility index (Phi) is 4.93. The zero-order valence-electron chi connectivity index (χ0n) is 13.4. The molecule has 1 atom stereocenters. The number of nitrogens with zero attached hydrogens (tertiary/aromatic N) is 1. The van der Waals surface area contributed by atoms with Crippen LogP contribution in [0.5, 0.6) is 5.75 Å². The minimum atomic E-state index is -0.191. The van der Waals surface area contributed by atoms with Gasteiger partial charge in [0, 0.05) is 19.6 Å². The summed E-state index contributed by atoms with van der Waals surface area (Å²) in [5.41, 5.74) is 2.31. The van der Waals surface area contributed by atoms with E-state index in [-0.39, 0.29) is 11.9 Å². The summed E-state index contributed by atoms with van der Waals surface area (Å²) in [6.07, 6.45) is 0.917. The molecule has 1 aliphatic heterocycles. The van der Waals surface area contributed by atoms with E-state index in [1.807, 2.05) is 42.5 Å². The van der Waals surface area contributed by atoms with Gasteiger partial charge in [-0.2, -0.15) is 0 Å². The van der Waals surface area contributed by atoms with E-state index in [1.54, 1.807) is 7.11 Å². The number of hydrogen-bond donors (Lipinski definition) is 1. The molecule has 0 aliphatic carbocycles. The highest BCUT2D eigenvalue weighted by atomic mass is 16.5. The Morgan fingerprint density at radius 2 is 1.87 bits per heavy atom. The minimum Gasteiger partial charge on any atom is -0.497 e. The fourth-order valence-corrected chi connectivity index (χ4v) is 3.02. The van der Waals surface area contributed by atoms with Gasteiger partial charge >= 0.3 is 0 Å². The van der Waals surface area contributed by atoms with Crippen LogP contribution in [0, 0.1) is 0 Å². The fraction of sp³-hybridized carbons (Fsp3) is 0.316. The van der Waals surface area contributed by atoms with E-state index in [0.717, 1.165) is 30.8 Å². The number of carbonyl (C=O) groups excluding carboxylic acids is 1. The first-order valence-corrected chi connectivity index (χ1v) is 7.97. The highest BCUT2D eigenvalue weighted by molar-refractivity contribution is 5.83. The van der Waals surface area contributed by atoms with Gasteiger partial charge in [0.25, 0.3) is 0 Å². The van der Waals surface area contributed by atoms with E-state index in [4.69, 9.17) is 4.74 Å². The molecular weight excluding hydrogens is 288 g/mol. The number of amides is 1. The molecule has 2 aromatic rings. The van der Waals surface area contributed by atoms with Crippen molar-refractivity contribution in [3.05, 3.63) is 65.7 Å². The van der Waals surface area contributed by atoms with E-state index < -0.39 is 0 Å². The molecular formula is C19H22N2O2. The summed E-state index contributed by atoms with van der Waals surface area (Å²) in [7, 11) is 1.67. The smallest absolute Gasteiger partial charge is 0.242 e. The van der Waals surface area contributed by atoms with Gasteiger partial charge in [0.15, 0.2) is 0 Å². The van der Waals surface area contributed by atoms with Gasteiger partial charge in [-0.1, -0.05) is 42.5 Å². The topological polar surface area (TPSA) is 41.6 Å². The number of rotatable bonds is 5. The van der Waals surface area contributed by atoms with Crippen molar-refractivity contribution in [2.75, 3.05) is 26.7 Å². The van der Waals surface area contributed by atoms with E-state index in [0.29, 0.717) is 6.54 Å². The van der Waals surface area contributed by atoms with Crippen LogP contribution in [-0.4, -0.2) is 37.6 Å². The Balaban J connectivity index is 1.70. The first-order chi connectivity index (χ1) is 11.3. The number of methoxy groups -OCH3 is 1. The largest absolute Gasteiger partial charge is 0.497 e. The molecule has 1 saturated heterocycles. The Morgan fingerprint density at radius 3 is 2.57 bits per heavy atom. The lowest BCUT2D eigenvalue weighted by atomic mass is 10.0. The van der Waals surface area contributed by atoms with E-state index in [2.05, 4.69) is 22.3 Å². The van der Waals surface area contributed by atoms with Crippen LogP contribution in [0.15, 0.2) is 54.6 Å². The van der Waals surface area contributed by atoms with Crippen LogP contribution in [0.2, 0.25) is 0 Å². The molecule has 23 heavy (non-hydrogen) atoms. The van der Waals surface area contributed by atoms with Gasteiger partial charge in [-0.25, -0.2) is 0 Å². The summed E-state index contributed by atoms with van der Waals surface area (Å²) in [4.78, 5) is 14.6. The SMILES string of the molecule is COc1ccc(CCN2CCNC(=O)C2c2ccccc2)cc1. The van der Waals surface area contributed by atoms with Crippen LogP contribution >= 0.6 is 0 Å². The monoisotopic (exact) mass is 310 g/mol. The van der Waals surface area contributed by atoms with Gasteiger partial charge in [0.05, 0.1) is 7.11 Å². The summed E-state index contributed by atoms with van der Waals surface area (Å²) in [6.45, 7) is 2.45. The predicted octanol–water partition coefficient (Wildman–Crippen LogP) is 2.41. The van der Waals surface area contributed by atoms with Crippen molar-refractivity contribution >= 4 is 5.91 Å². The maximum atomic E-state index is 12.3. The molecule has 0 aromatic heterocycles. The molecule has 1 heterocycles. The molecule has 0 spiro atoms. The van der Waals surface area contributed by atoms with Crippen molar-refractivity contribution in [1.29, 1.82) is 0 Å². The van der Waals surface area contributed by atoms with Gasteiger partial charge < -0.3 is 10.1 Å². The Hall–Kier alpha value is -2.33. The van der Waals surface area contributed by atoms with Gasteiger partial charge in [-0.05, 0) is 29.7 Å². The third-order valence-corrected chi connectivity index (χ3v) is 4.27. The zero-order valence-corrected chi connectivity index (χ0v) is 13.4. The molecule has 1 amide bonds. The second-order valence-electron chi connectivity index (χ2n) is 5.74. The second-order valence-corrected chi connectivity index (χ2v) is 5.74. The van der Waals surface area contributed by atoms with Crippen molar-refractivity contribution in [3.63, 3.8) is 0 Å². The average Bonchev–Trinajstić information content (AvgIpc) is 2.61.